The molecule has 2 fully saturated rings. The summed E-state index contributed by atoms with van der Waals surface area (Å²) in [5.41, 5.74) is 5.98. The number of carbonyl (C=O) groups is 1. The Labute approximate surface area is 103 Å². The highest BCUT2D eigenvalue weighted by atomic mass is 16.5. The normalized spacial score (nSPS) is 31.2. The van der Waals surface area contributed by atoms with Gasteiger partial charge < -0.3 is 15.4 Å². The zero-order valence-corrected chi connectivity index (χ0v) is 10.9. The van der Waals surface area contributed by atoms with Crippen molar-refractivity contribution in [2.45, 2.75) is 57.7 Å². The minimum absolute atomic E-state index is 0.111. The zero-order valence-electron chi connectivity index (χ0n) is 10.9. The molecular formula is C13H24N2O2. The first-order valence-corrected chi connectivity index (χ1v) is 6.79. The standard InChI is InChI=1S/C13H24N2O2/c1-9(2)12(14)13(16)15-7-8-17-11-6-4-3-5-10(11)15/h9-12H,3-8,14H2,1-2H3/t10?,11?,12-/m0/s1. The Kier molecular flexibility index (Phi) is 4.05. The van der Waals surface area contributed by atoms with Crippen LogP contribution in [0.4, 0.5) is 0 Å². The number of hydrogen-bond acceptors (Lipinski definition) is 3. The van der Waals surface area contributed by atoms with Crippen molar-refractivity contribution in [2.75, 3.05) is 13.2 Å². The summed E-state index contributed by atoms with van der Waals surface area (Å²) < 4.78 is 5.77. The summed E-state index contributed by atoms with van der Waals surface area (Å²) in [7, 11) is 0. The summed E-state index contributed by atoms with van der Waals surface area (Å²) in [6.07, 6.45) is 4.83. The largest absolute Gasteiger partial charge is 0.374 e. The van der Waals surface area contributed by atoms with Gasteiger partial charge in [0.15, 0.2) is 0 Å². The first-order chi connectivity index (χ1) is 8.11. The van der Waals surface area contributed by atoms with Gasteiger partial charge in [-0.05, 0) is 18.8 Å². The van der Waals surface area contributed by atoms with Crippen molar-refractivity contribution >= 4 is 5.91 Å². The molecule has 2 N–H and O–H groups in total. The zero-order chi connectivity index (χ0) is 12.4. The molecule has 0 aromatic rings. The quantitative estimate of drug-likeness (QED) is 0.787. The molecule has 2 unspecified atom stereocenters. The second-order valence-corrected chi connectivity index (χ2v) is 5.56. The van der Waals surface area contributed by atoms with Crippen LogP contribution in [0.5, 0.6) is 0 Å². The molecule has 0 radical (unpaired) electrons. The lowest BCUT2D eigenvalue weighted by Gasteiger charge is -2.44. The lowest BCUT2D eigenvalue weighted by molar-refractivity contribution is -0.151. The van der Waals surface area contributed by atoms with Crippen LogP contribution >= 0.6 is 0 Å². The lowest BCUT2D eigenvalue weighted by atomic mass is 9.89. The van der Waals surface area contributed by atoms with Crippen molar-refractivity contribution in [3.8, 4) is 0 Å². The van der Waals surface area contributed by atoms with Gasteiger partial charge in [-0.3, -0.25) is 4.79 Å². The Morgan fingerprint density at radius 1 is 1.35 bits per heavy atom. The van der Waals surface area contributed by atoms with Crippen LogP contribution < -0.4 is 5.73 Å². The molecule has 2 rings (SSSR count). The molecule has 4 heteroatoms. The van der Waals surface area contributed by atoms with Crippen molar-refractivity contribution in [1.82, 2.24) is 4.90 Å². The second-order valence-electron chi connectivity index (χ2n) is 5.56. The van der Waals surface area contributed by atoms with E-state index in [4.69, 9.17) is 10.5 Å². The molecule has 17 heavy (non-hydrogen) atoms. The number of rotatable bonds is 2. The van der Waals surface area contributed by atoms with Gasteiger partial charge in [0.1, 0.15) is 0 Å². The predicted molar refractivity (Wildman–Crippen MR) is 66.5 cm³/mol. The maximum atomic E-state index is 12.3. The number of carbonyl (C=O) groups excluding carboxylic acids is 1. The average molecular weight is 240 g/mol. The second kappa shape index (κ2) is 5.36. The number of ether oxygens (including phenoxy) is 1. The van der Waals surface area contributed by atoms with Crippen LogP contribution in [0.2, 0.25) is 0 Å². The number of amides is 1. The molecule has 1 heterocycles. The summed E-state index contributed by atoms with van der Waals surface area (Å²) in [5.74, 6) is 0.313. The Morgan fingerprint density at radius 2 is 2.06 bits per heavy atom. The van der Waals surface area contributed by atoms with Crippen molar-refractivity contribution in [1.29, 1.82) is 0 Å². The molecular weight excluding hydrogens is 216 g/mol. The van der Waals surface area contributed by atoms with E-state index in [9.17, 15) is 4.79 Å². The number of fused-ring (bicyclic) bond motifs is 1. The fraction of sp³-hybridized carbons (Fsp3) is 0.923. The minimum atomic E-state index is -0.365. The number of nitrogens with two attached hydrogens (primary N) is 1. The van der Waals surface area contributed by atoms with Gasteiger partial charge in [-0.15, -0.1) is 0 Å². The average Bonchev–Trinajstić information content (AvgIpc) is 2.36. The summed E-state index contributed by atoms with van der Waals surface area (Å²) in [4.78, 5) is 14.3. The molecule has 1 saturated heterocycles. The Bertz CT molecular complexity index is 279. The number of morpholine rings is 1. The van der Waals surface area contributed by atoms with E-state index >= 15 is 0 Å². The van der Waals surface area contributed by atoms with E-state index in [0.717, 1.165) is 12.8 Å². The lowest BCUT2D eigenvalue weighted by Crippen LogP contribution is -2.59. The Balaban J connectivity index is 2.05. The third-order valence-electron chi connectivity index (χ3n) is 4.02. The van der Waals surface area contributed by atoms with Gasteiger partial charge in [-0.25, -0.2) is 0 Å². The maximum absolute atomic E-state index is 12.3. The number of hydrogen-bond donors (Lipinski definition) is 1. The summed E-state index contributed by atoms with van der Waals surface area (Å²) in [5, 5.41) is 0. The van der Waals surface area contributed by atoms with Gasteiger partial charge in [0.2, 0.25) is 5.91 Å². The van der Waals surface area contributed by atoms with E-state index in [1.54, 1.807) is 0 Å². The summed E-state index contributed by atoms with van der Waals surface area (Å²) in [6, 6.07) is -0.0922. The molecule has 0 aromatic heterocycles. The third kappa shape index (κ3) is 2.63. The van der Waals surface area contributed by atoms with Crippen molar-refractivity contribution in [3.05, 3.63) is 0 Å². The highest BCUT2D eigenvalue weighted by Gasteiger charge is 2.38. The van der Waals surface area contributed by atoms with E-state index < -0.39 is 0 Å². The molecule has 98 valence electrons. The molecule has 1 amide bonds. The Morgan fingerprint density at radius 3 is 2.76 bits per heavy atom. The maximum Gasteiger partial charge on any atom is 0.240 e. The highest BCUT2D eigenvalue weighted by molar-refractivity contribution is 5.82. The van der Waals surface area contributed by atoms with Crippen molar-refractivity contribution < 1.29 is 9.53 Å². The fourth-order valence-corrected chi connectivity index (χ4v) is 2.85. The monoisotopic (exact) mass is 240 g/mol. The van der Waals surface area contributed by atoms with Gasteiger partial charge in [-0.1, -0.05) is 26.7 Å². The van der Waals surface area contributed by atoms with Gasteiger partial charge in [0.25, 0.3) is 0 Å². The topological polar surface area (TPSA) is 55.6 Å². The Hall–Kier alpha value is -0.610. The van der Waals surface area contributed by atoms with Gasteiger partial charge in [0.05, 0.1) is 24.8 Å². The molecule has 1 saturated carbocycles. The van der Waals surface area contributed by atoms with Gasteiger partial charge in [0, 0.05) is 6.54 Å². The van der Waals surface area contributed by atoms with Crippen LogP contribution in [0.25, 0.3) is 0 Å². The van der Waals surface area contributed by atoms with E-state index in [-0.39, 0.29) is 30.0 Å². The third-order valence-corrected chi connectivity index (χ3v) is 4.02. The molecule has 2 aliphatic rings. The minimum Gasteiger partial charge on any atom is -0.374 e. The van der Waals surface area contributed by atoms with Crippen molar-refractivity contribution in [3.63, 3.8) is 0 Å². The fourth-order valence-electron chi connectivity index (χ4n) is 2.85. The molecule has 0 aromatic carbocycles. The first-order valence-electron chi connectivity index (χ1n) is 6.79. The van der Waals surface area contributed by atoms with E-state index in [1.807, 2.05) is 18.7 Å². The van der Waals surface area contributed by atoms with Crippen LogP contribution in [-0.2, 0) is 9.53 Å². The molecule has 1 aliphatic heterocycles. The predicted octanol–water partition coefficient (Wildman–Crippen LogP) is 1.14. The summed E-state index contributed by atoms with van der Waals surface area (Å²) in [6.45, 7) is 5.38. The van der Waals surface area contributed by atoms with Crippen LogP contribution in [-0.4, -0.2) is 42.1 Å². The molecule has 0 bridgehead atoms. The first kappa shape index (κ1) is 12.8. The molecule has 4 nitrogen and oxygen atoms in total. The molecule has 0 spiro atoms. The molecule has 3 atom stereocenters. The molecule has 1 aliphatic carbocycles. The van der Waals surface area contributed by atoms with Gasteiger partial charge >= 0.3 is 0 Å². The van der Waals surface area contributed by atoms with Crippen LogP contribution in [0.1, 0.15) is 39.5 Å². The van der Waals surface area contributed by atoms with Crippen LogP contribution in [0.15, 0.2) is 0 Å². The van der Waals surface area contributed by atoms with E-state index in [0.29, 0.717) is 13.2 Å². The van der Waals surface area contributed by atoms with E-state index in [2.05, 4.69) is 0 Å². The highest BCUT2D eigenvalue weighted by Crippen LogP contribution is 2.29. The van der Waals surface area contributed by atoms with Crippen LogP contribution in [0, 0.1) is 5.92 Å². The van der Waals surface area contributed by atoms with Crippen molar-refractivity contribution in [2.24, 2.45) is 11.7 Å². The summed E-state index contributed by atoms with van der Waals surface area (Å²) >= 11 is 0. The van der Waals surface area contributed by atoms with E-state index in [1.165, 1.54) is 12.8 Å². The van der Waals surface area contributed by atoms with Crippen LogP contribution in [0.3, 0.4) is 0 Å². The smallest absolute Gasteiger partial charge is 0.240 e. The SMILES string of the molecule is CC(C)[C@H](N)C(=O)N1CCOC2CCCCC21. The van der Waals surface area contributed by atoms with Gasteiger partial charge in [-0.2, -0.15) is 0 Å². The number of nitrogens with zero attached hydrogens (tertiary/aromatic N) is 1.